The molecule has 0 atom stereocenters. The molecule has 29 heavy (non-hydrogen) atoms. The molecule has 5 nitrogen and oxygen atoms in total. The van der Waals surface area contributed by atoms with Gasteiger partial charge in [0.25, 0.3) is 0 Å². The summed E-state index contributed by atoms with van der Waals surface area (Å²) in [5, 5.41) is 4.12. The van der Waals surface area contributed by atoms with E-state index in [4.69, 9.17) is 21.1 Å². The van der Waals surface area contributed by atoms with E-state index in [1.807, 2.05) is 47.4 Å². The molecule has 1 aliphatic rings. The van der Waals surface area contributed by atoms with Gasteiger partial charge in [-0.1, -0.05) is 29.8 Å². The Morgan fingerprint density at radius 1 is 1.14 bits per heavy atom. The van der Waals surface area contributed by atoms with Crippen molar-refractivity contribution >= 4 is 29.9 Å². The molecule has 1 heterocycles. The quantitative estimate of drug-likeness (QED) is 0.556. The number of benzene rings is 2. The molecule has 0 saturated carbocycles. The summed E-state index contributed by atoms with van der Waals surface area (Å²) in [4.78, 5) is 13.6. The van der Waals surface area contributed by atoms with Crippen LogP contribution in [-0.4, -0.2) is 37.6 Å². The van der Waals surface area contributed by atoms with Crippen LogP contribution in [0.2, 0.25) is 5.02 Å². The van der Waals surface area contributed by atoms with Crippen LogP contribution in [0.25, 0.3) is 0 Å². The summed E-state index contributed by atoms with van der Waals surface area (Å²) in [6, 6.07) is 13.6. The van der Waals surface area contributed by atoms with Crippen LogP contribution in [-0.2, 0) is 17.9 Å². The van der Waals surface area contributed by atoms with Crippen LogP contribution >= 0.6 is 24.0 Å². The Morgan fingerprint density at radius 3 is 2.72 bits per heavy atom. The van der Waals surface area contributed by atoms with Gasteiger partial charge in [0, 0.05) is 31.1 Å². The molecule has 158 valence electrons. The summed E-state index contributed by atoms with van der Waals surface area (Å²) in [7, 11) is 1.64. The van der Waals surface area contributed by atoms with Gasteiger partial charge in [0.1, 0.15) is 6.61 Å². The minimum Gasteiger partial charge on any atom is -0.493 e. The molecule has 3 rings (SSSR count). The van der Waals surface area contributed by atoms with Crippen LogP contribution in [0.1, 0.15) is 30.4 Å². The molecule has 1 fully saturated rings. The predicted octanol–water partition coefficient (Wildman–Crippen LogP) is 4.45. The first-order chi connectivity index (χ1) is 13.7. The second-order valence-corrected chi connectivity index (χ2v) is 7.35. The van der Waals surface area contributed by atoms with E-state index in [0.29, 0.717) is 29.5 Å². The van der Waals surface area contributed by atoms with E-state index in [-0.39, 0.29) is 18.3 Å². The molecule has 2 aromatic rings. The van der Waals surface area contributed by atoms with Crippen LogP contribution < -0.4 is 14.8 Å². The lowest BCUT2D eigenvalue weighted by Gasteiger charge is -2.15. The molecule has 0 radical (unpaired) electrons. The number of carbonyl (C=O) groups is 1. The van der Waals surface area contributed by atoms with E-state index in [2.05, 4.69) is 5.32 Å². The SMILES string of the molecule is COc1cc(CNCCCN2CCCC2=O)ccc1OCc1cccc(Cl)c1.Cl. The average molecular weight is 439 g/mol. The summed E-state index contributed by atoms with van der Waals surface area (Å²) >= 11 is 6.01. The van der Waals surface area contributed by atoms with E-state index >= 15 is 0 Å². The predicted molar refractivity (Wildman–Crippen MR) is 118 cm³/mol. The molecule has 2 aromatic carbocycles. The van der Waals surface area contributed by atoms with Crippen molar-refractivity contribution in [2.45, 2.75) is 32.4 Å². The van der Waals surface area contributed by atoms with Crippen molar-refractivity contribution in [1.29, 1.82) is 0 Å². The maximum absolute atomic E-state index is 11.6. The first kappa shape index (κ1) is 23.3. The zero-order valence-electron chi connectivity index (χ0n) is 16.7. The molecule has 1 aliphatic heterocycles. The highest BCUT2D eigenvalue weighted by molar-refractivity contribution is 6.30. The second-order valence-electron chi connectivity index (χ2n) is 6.92. The molecular weight excluding hydrogens is 411 g/mol. The standard InChI is InChI=1S/C22H27ClN2O3.ClH/c1-27-21-14-17(15-24-10-4-12-25-11-3-7-22(25)26)8-9-20(21)28-16-18-5-2-6-19(23)13-18;/h2,5-6,8-9,13-14,24H,3-4,7,10-12,15-16H2,1H3;1H. The Balaban J connectivity index is 0.00000300. The zero-order chi connectivity index (χ0) is 19.8. The number of nitrogens with one attached hydrogen (secondary N) is 1. The lowest BCUT2D eigenvalue weighted by molar-refractivity contribution is -0.127. The number of amides is 1. The number of methoxy groups -OCH3 is 1. The monoisotopic (exact) mass is 438 g/mol. The molecule has 7 heteroatoms. The van der Waals surface area contributed by atoms with Gasteiger partial charge in [0.2, 0.25) is 5.91 Å². The highest BCUT2D eigenvalue weighted by Gasteiger charge is 2.18. The van der Waals surface area contributed by atoms with Crippen molar-refractivity contribution in [1.82, 2.24) is 10.2 Å². The van der Waals surface area contributed by atoms with E-state index in [1.165, 1.54) is 0 Å². The first-order valence-electron chi connectivity index (χ1n) is 9.68. The summed E-state index contributed by atoms with van der Waals surface area (Å²) in [5.41, 5.74) is 2.14. The minimum absolute atomic E-state index is 0. The fraction of sp³-hybridized carbons (Fsp3) is 0.409. The van der Waals surface area contributed by atoms with Gasteiger partial charge in [-0.05, 0) is 54.8 Å². The third kappa shape index (κ3) is 7.11. The largest absolute Gasteiger partial charge is 0.493 e. The number of halogens is 2. The van der Waals surface area contributed by atoms with Crippen molar-refractivity contribution in [2.24, 2.45) is 0 Å². The van der Waals surface area contributed by atoms with Crippen molar-refractivity contribution in [3.05, 3.63) is 58.6 Å². The fourth-order valence-corrected chi connectivity index (χ4v) is 3.51. The van der Waals surface area contributed by atoms with Crippen LogP contribution in [0.15, 0.2) is 42.5 Å². The molecule has 0 bridgehead atoms. The molecule has 1 N–H and O–H groups in total. The van der Waals surface area contributed by atoms with E-state index in [0.717, 1.165) is 50.1 Å². The maximum atomic E-state index is 11.6. The van der Waals surface area contributed by atoms with E-state index in [9.17, 15) is 4.79 Å². The highest BCUT2D eigenvalue weighted by atomic mass is 35.5. The molecule has 0 aromatic heterocycles. The van der Waals surface area contributed by atoms with E-state index in [1.54, 1.807) is 7.11 Å². The number of hydrogen-bond acceptors (Lipinski definition) is 4. The Labute approximate surface area is 183 Å². The van der Waals surface area contributed by atoms with Crippen LogP contribution in [0, 0.1) is 0 Å². The van der Waals surface area contributed by atoms with Crippen LogP contribution in [0.4, 0.5) is 0 Å². The number of ether oxygens (including phenoxy) is 2. The van der Waals surface area contributed by atoms with Crippen LogP contribution in [0.5, 0.6) is 11.5 Å². The molecule has 1 amide bonds. The van der Waals surface area contributed by atoms with E-state index < -0.39 is 0 Å². The van der Waals surface area contributed by atoms with Gasteiger partial charge >= 0.3 is 0 Å². The number of likely N-dealkylation sites (tertiary alicyclic amines) is 1. The van der Waals surface area contributed by atoms with Gasteiger partial charge in [0.15, 0.2) is 11.5 Å². The Kier molecular flexibility index (Phi) is 9.58. The normalized spacial score (nSPS) is 13.3. The highest BCUT2D eigenvalue weighted by Crippen LogP contribution is 2.29. The second kappa shape index (κ2) is 11.9. The van der Waals surface area contributed by atoms with Gasteiger partial charge in [-0.15, -0.1) is 12.4 Å². The Hall–Kier alpha value is -1.95. The average Bonchev–Trinajstić information content (AvgIpc) is 3.11. The summed E-state index contributed by atoms with van der Waals surface area (Å²) in [5.74, 6) is 1.71. The Bertz CT molecular complexity index is 801. The fourth-order valence-electron chi connectivity index (χ4n) is 3.30. The van der Waals surface area contributed by atoms with Crippen molar-refractivity contribution < 1.29 is 14.3 Å². The van der Waals surface area contributed by atoms with Gasteiger partial charge < -0.3 is 19.7 Å². The van der Waals surface area contributed by atoms with Crippen LogP contribution in [0.3, 0.4) is 0 Å². The number of hydrogen-bond donors (Lipinski definition) is 1. The smallest absolute Gasteiger partial charge is 0.222 e. The van der Waals surface area contributed by atoms with Gasteiger partial charge in [-0.2, -0.15) is 0 Å². The Morgan fingerprint density at radius 2 is 2.00 bits per heavy atom. The number of rotatable bonds is 10. The lowest BCUT2D eigenvalue weighted by Crippen LogP contribution is -2.28. The summed E-state index contributed by atoms with van der Waals surface area (Å²) in [6.45, 7) is 3.81. The summed E-state index contributed by atoms with van der Waals surface area (Å²) < 4.78 is 11.4. The topological polar surface area (TPSA) is 50.8 Å². The van der Waals surface area contributed by atoms with Crippen molar-refractivity contribution in [3.63, 3.8) is 0 Å². The zero-order valence-corrected chi connectivity index (χ0v) is 18.2. The first-order valence-corrected chi connectivity index (χ1v) is 10.1. The van der Waals surface area contributed by atoms with Gasteiger partial charge in [-0.3, -0.25) is 4.79 Å². The van der Waals surface area contributed by atoms with Crippen molar-refractivity contribution in [3.8, 4) is 11.5 Å². The lowest BCUT2D eigenvalue weighted by atomic mass is 10.2. The third-order valence-electron chi connectivity index (χ3n) is 4.79. The minimum atomic E-state index is 0. The number of nitrogens with zero attached hydrogens (tertiary/aromatic N) is 1. The molecular formula is C22H28Cl2N2O3. The van der Waals surface area contributed by atoms with Gasteiger partial charge in [-0.25, -0.2) is 0 Å². The third-order valence-corrected chi connectivity index (χ3v) is 5.03. The van der Waals surface area contributed by atoms with Gasteiger partial charge in [0.05, 0.1) is 7.11 Å². The van der Waals surface area contributed by atoms with Crippen molar-refractivity contribution in [2.75, 3.05) is 26.7 Å². The molecule has 0 aliphatic carbocycles. The summed E-state index contributed by atoms with van der Waals surface area (Å²) in [6.07, 6.45) is 2.67. The maximum Gasteiger partial charge on any atom is 0.222 e. The number of carbonyl (C=O) groups excluding carboxylic acids is 1. The molecule has 1 saturated heterocycles. The molecule has 0 unspecified atom stereocenters. The molecule has 0 spiro atoms.